The molecule has 150 valence electrons. The number of rotatable bonds is 4. The van der Waals surface area contributed by atoms with Crippen LogP contribution in [-0.2, 0) is 11.2 Å². The summed E-state index contributed by atoms with van der Waals surface area (Å²) in [5.74, 6) is 6.25. The Balaban J connectivity index is 1.43. The van der Waals surface area contributed by atoms with Crippen LogP contribution in [0.2, 0.25) is 0 Å². The number of nitrogens with one attached hydrogen (secondary N) is 1. The summed E-state index contributed by atoms with van der Waals surface area (Å²) >= 11 is 1.61. The van der Waals surface area contributed by atoms with Gasteiger partial charge in [-0.25, -0.2) is 9.50 Å². The predicted octanol–water partition coefficient (Wildman–Crippen LogP) is 4.69. The molecule has 0 bridgehead atoms. The molecule has 0 aliphatic heterocycles. The Morgan fingerprint density at radius 1 is 1.13 bits per heavy atom. The lowest BCUT2D eigenvalue weighted by molar-refractivity contribution is -0.116. The van der Waals surface area contributed by atoms with Gasteiger partial charge in [0.25, 0.3) is 0 Å². The third kappa shape index (κ3) is 4.42. The van der Waals surface area contributed by atoms with E-state index in [0.717, 1.165) is 44.4 Å². The molecular weight excluding hydrogens is 392 g/mol. The highest BCUT2D eigenvalue weighted by Gasteiger charge is 2.13. The maximum absolute atomic E-state index is 12.5. The summed E-state index contributed by atoms with van der Waals surface area (Å²) in [6, 6.07) is 13.6. The first-order valence-corrected chi connectivity index (χ1v) is 10.7. The summed E-state index contributed by atoms with van der Waals surface area (Å²) in [5, 5.41) is 9.48. The van der Waals surface area contributed by atoms with Crippen LogP contribution in [0.4, 0.5) is 5.69 Å². The fraction of sp³-hybridized carbons (Fsp3) is 0.208. The van der Waals surface area contributed by atoms with E-state index in [1.807, 2.05) is 73.1 Å². The van der Waals surface area contributed by atoms with Crippen LogP contribution in [0.3, 0.4) is 0 Å². The third-order valence-corrected chi connectivity index (χ3v) is 5.67. The van der Waals surface area contributed by atoms with E-state index in [1.165, 1.54) is 0 Å². The van der Waals surface area contributed by atoms with Gasteiger partial charge in [0.05, 0.1) is 10.6 Å². The molecule has 5 nitrogen and oxygen atoms in total. The second-order valence-corrected chi connectivity index (χ2v) is 8.12. The summed E-state index contributed by atoms with van der Waals surface area (Å²) in [4.78, 5) is 18.2. The van der Waals surface area contributed by atoms with Gasteiger partial charge >= 0.3 is 0 Å². The minimum absolute atomic E-state index is 0.0334. The quantitative estimate of drug-likeness (QED) is 0.493. The van der Waals surface area contributed by atoms with Crippen molar-refractivity contribution in [1.29, 1.82) is 0 Å². The Labute approximate surface area is 179 Å². The van der Waals surface area contributed by atoms with E-state index in [2.05, 4.69) is 27.2 Å². The number of benzene rings is 1. The highest BCUT2D eigenvalue weighted by atomic mass is 32.1. The zero-order valence-corrected chi connectivity index (χ0v) is 18.0. The Morgan fingerprint density at radius 3 is 2.80 bits per heavy atom. The number of nitrogens with zero attached hydrogens (tertiary/aromatic N) is 3. The van der Waals surface area contributed by atoms with Gasteiger partial charge in [-0.05, 0) is 62.4 Å². The highest BCUT2D eigenvalue weighted by molar-refractivity contribution is 7.10. The number of carbonyl (C=O) groups is 1. The number of carbonyl (C=O) groups excluding carboxylic acids is 1. The van der Waals surface area contributed by atoms with E-state index < -0.39 is 0 Å². The van der Waals surface area contributed by atoms with Gasteiger partial charge in [-0.2, -0.15) is 5.10 Å². The SMILES string of the molecule is Cc1cc2nc(C)c(CCC(=O)Nc3cccc(C#Cc4cccs4)c3)c(C)n2n1. The van der Waals surface area contributed by atoms with Crippen LogP contribution >= 0.6 is 11.3 Å². The van der Waals surface area contributed by atoms with Crippen LogP contribution in [0.5, 0.6) is 0 Å². The number of amides is 1. The number of hydrogen-bond acceptors (Lipinski definition) is 4. The van der Waals surface area contributed by atoms with Crippen molar-refractivity contribution in [2.45, 2.75) is 33.6 Å². The summed E-state index contributed by atoms with van der Waals surface area (Å²) in [7, 11) is 0. The monoisotopic (exact) mass is 414 g/mol. The van der Waals surface area contributed by atoms with Gasteiger partial charge in [0.1, 0.15) is 0 Å². The summed E-state index contributed by atoms with van der Waals surface area (Å²) < 4.78 is 1.85. The Bertz CT molecular complexity index is 1280. The first-order valence-electron chi connectivity index (χ1n) is 9.77. The molecule has 4 aromatic rings. The van der Waals surface area contributed by atoms with Gasteiger partial charge in [-0.15, -0.1) is 11.3 Å². The van der Waals surface area contributed by atoms with Crippen molar-refractivity contribution in [2.75, 3.05) is 5.32 Å². The van der Waals surface area contributed by atoms with Crippen LogP contribution in [0.15, 0.2) is 47.8 Å². The molecule has 0 spiro atoms. The van der Waals surface area contributed by atoms with Crippen molar-refractivity contribution >= 4 is 28.6 Å². The molecule has 0 radical (unpaired) electrons. The number of thiophene rings is 1. The lowest BCUT2D eigenvalue weighted by Gasteiger charge is -2.11. The van der Waals surface area contributed by atoms with Crippen LogP contribution in [0.1, 0.15) is 39.5 Å². The van der Waals surface area contributed by atoms with E-state index in [4.69, 9.17) is 0 Å². The van der Waals surface area contributed by atoms with Crippen molar-refractivity contribution in [2.24, 2.45) is 0 Å². The van der Waals surface area contributed by atoms with Crippen LogP contribution < -0.4 is 5.32 Å². The molecule has 0 aliphatic carbocycles. The lowest BCUT2D eigenvalue weighted by atomic mass is 10.1. The normalized spacial score (nSPS) is 10.6. The van der Waals surface area contributed by atoms with E-state index in [-0.39, 0.29) is 5.91 Å². The molecular formula is C24H22N4OS. The summed E-state index contributed by atoms with van der Waals surface area (Å²) in [5.41, 5.74) is 6.44. The smallest absolute Gasteiger partial charge is 0.224 e. The molecule has 0 saturated carbocycles. The fourth-order valence-corrected chi connectivity index (χ4v) is 3.99. The molecule has 6 heteroatoms. The molecule has 4 rings (SSSR count). The third-order valence-electron chi connectivity index (χ3n) is 4.89. The van der Waals surface area contributed by atoms with Gasteiger partial charge in [-0.1, -0.05) is 24.0 Å². The second kappa shape index (κ2) is 8.52. The van der Waals surface area contributed by atoms with Crippen LogP contribution in [-0.4, -0.2) is 20.5 Å². The lowest BCUT2D eigenvalue weighted by Crippen LogP contribution is -2.14. The molecule has 0 unspecified atom stereocenters. The Kier molecular flexibility index (Phi) is 5.64. The van der Waals surface area contributed by atoms with Gasteiger partial charge in [0.2, 0.25) is 5.91 Å². The maximum Gasteiger partial charge on any atom is 0.224 e. The topological polar surface area (TPSA) is 59.3 Å². The predicted molar refractivity (Wildman–Crippen MR) is 121 cm³/mol. The van der Waals surface area contributed by atoms with Crippen molar-refractivity contribution < 1.29 is 4.79 Å². The van der Waals surface area contributed by atoms with Gasteiger partial charge in [0, 0.05) is 35.1 Å². The van der Waals surface area contributed by atoms with Crippen LogP contribution in [0, 0.1) is 32.6 Å². The standard InChI is InChI=1S/C24H22N4OS/c1-16-14-23-25-17(2)22(18(3)28(23)27-16)11-12-24(29)26-20-7-4-6-19(15-20)9-10-21-8-5-13-30-21/h4-8,13-15H,11-12H2,1-3H3,(H,26,29). The van der Waals surface area contributed by atoms with E-state index in [9.17, 15) is 4.79 Å². The molecule has 3 heterocycles. The van der Waals surface area contributed by atoms with Gasteiger partial charge < -0.3 is 5.32 Å². The van der Waals surface area contributed by atoms with E-state index in [1.54, 1.807) is 11.3 Å². The van der Waals surface area contributed by atoms with E-state index in [0.29, 0.717) is 12.8 Å². The maximum atomic E-state index is 12.5. The molecule has 1 N–H and O–H groups in total. The number of fused-ring (bicyclic) bond motifs is 1. The first kappa shape index (κ1) is 19.9. The highest BCUT2D eigenvalue weighted by Crippen LogP contribution is 2.18. The average molecular weight is 415 g/mol. The van der Waals surface area contributed by atoms with Crippen LogP contribution in [0.25, 0.3) is 5.65 Å². The molecule has 0 saturated heterocycles. The number of hydrogen-bond donors (Lipinski definition) is 1. The van der Waals surface area contributed by atoms with E-state index >= 15 is 0 Å². The summed E-state index contributed by atoms with van der Waals surface area (Å²) in [6.45, 7) is 5.96. The minimum Gasteiger partial charge on any atom is -0.326 e. The van der Waals surface area contributed by atoms with Crippen molar-refractivity contribution in [3.63, 3.8) is 0 Å². The fourth-order valence-electron chi connectivity index (χ4n) is 3.42. The van der Waals surface area contributed by atoms with Crippen molar-refractivity contribution in [1.82, 2.24) is 14.6 Å². The molecule has 1 aromatic carbocycles. The molecule has 1 amide bonds. The Morgan fingerprint density at radius 2 is 2.00 bits per heavy atom. The number of aromatic nitrogens is 3. The molecule has 3 aromatic heterocycles. The van der Waals surface area contributed by atoms with Crippen molar-refractivity contribution in [3.05, 3.63) is 80.9 Å². The largest absolute Gasteiger partial charge is 0.326 e. The zero-order valence-electron chi connectivity index (χ0n) is 17.2. The average Bonchev–Trinajstić information content (AvgIpc) is 3.36. The minimum atomic E-state index is -0.0334. The number of aryl methyl sites for hydroxylation is 3. The Hall–Kier alpha value is -3.43. The molecule has 0 aliphatic rings. The second-order valence-electron chi connectivity index (χ2n) is 7.17. The summed E-state index contributed by atoms with van der Waals surface area (Å²) in [6.07, 6.45) is 0.990. The van der Waals surface area contributed by atoms with Crippen molar-refractivity contribution in [3.8, 4) is 11.8 Å². The molecule has 0 atom stereocenters. The van der Waals surface area contributed by atoms with Gasteiger partial charge in [-0.3, -0.25) is 4.79 Å². The molecule has 0 fully saturated rings. The first-order chi connectivity index (χ1) is 14.5. The van der Waals surface area contributed by atoms with Gasteiger partial charge in [0.15, 0.2) is 5.65 Å². The molecule has 30 heavy (non-hydrogen) atoms. The number of anilines is 1. The zero-order chi connectivity index (χ0) is 21.1.